The number of ketones is 1. The Morgan fingerprint density at radius 1 is 1.59 bits per heavy atom. The number of aliphatic hydroxyl groups is 1. The Labute approximate surface area is 134 Å². The number of nitrogens with one attached hydrogen (secondary N) is 1. The summed E-state index contributed by atoms with van der Waals surface area (Å²) in [6.45, 7) is 4.95. The fourth-order valence-electron chi connectivity index (χ4n) is 3.25. The van der Waals surface area contributed by atoms with Crippen LogP contribution in [-0.2, 0) is 9.59 Å². The minimum atomic E-state index is -1.01. The Morgan fingerprint density at radius 3 is 2.91 bits per heavy atom. The number of carbonyl (C=O) groups is 2. The van der Waals surface area contributed by atoms with Crippen LogP contribution < -0.4 is 5.32 Å². The first kappa shape index (κ1) is 17.0. The molecule has 2 aliphatic rings. The molecule has 0 aliphatic heterocycles. The molecule has 0 saturated heterocycles. The van der Waals surface area contributed by atoms with E-state index in [1.807, 2.05) is 6.92 Å². The van der Waals surface area contributed by atoms with E-state index < -0.39 is 23.9 Å². The van der Waals surface area contributed by atoms with Gasteiger partial charge in [0.05, 0.1) is 23.9 Å². The number of hydrogen-bond donors (Lipinski definition) is 3. The first-order chi connectivity index (χ1) is 10.5. The van der Waals surface area contributed by atoms with Gasteiger partial charge in [-0.2, -0.15) is 0 Å². The lowest BCUT2D eigenvalue weighted by molar-refractivity contribution is -0.149. The van der Waals surface area contributed by atoms with Gasteiger partial charge < -0.3 is 15.5 Å². The largest absolute Gasteiger partial charge is 0.478 e. The third-order valence-corrected chi connectivity index (χ3v) is 5.34. The first-order valence-electron chi connectivity index (χ1n) is 7.51. The average molecular weight is 326 g/mol. The van der Waals surface area contributed by atoms with E-state index in [0.29, 0.717) is 13.0 Å². The predicted octanol–water partition coefficient (Wildman–Crippen LogP) is 0.912. The third kappa shape index (κ3) is 3.20. The van der Waals surface area contributed by atoms with Crippen molar-refractivity contribution in [3.05, 3.63) is 10.5 Å². The summed E-state index contributed by atoms with van der Waals surface area (Å²) in [4.78, 5) is 28.4. The third-order valence-electron chi connectivity index (χ3n) is 4.19. The lowest BCUT2D eigenvalue weighted by Crippen LogP contribution is -2.51. The van der Waals surface area contributed by atoms with E-state index in [2.05, 4.69) is 10.3 Å². The summed E-state index contributed by atoms with van der Waals surface area (Å²) in [5.74, 6) is -1.39. The molecule has 7 heteroatoms. The molecule has 0 radical (unpaired) electrons. The molecule has 6 nitrogen and oxygen atoms in total. The normalized spacial score (nSPS) is 28.7. The van der Waals surface area contributed by atoms with E-state index in [-0.39, 0.29) is 17.3 Å². The fourth-order valence-corrected chi connectivity index (χ4v) is 4.40. The summed E-state index contributed by atoms with van der Waals surface area (Å²) in [5.41, 5.74) is 0.249. The van der Waals surface area contributed by atoms with E-state index in [4.69, 9.17) is 0 Å². The number of allylic oxidation sites excluding steroid dienone is 1. The van der Waals surface area contributed by atoms with Crippen LogP contribution >= 0.6 is 11.8 Å². The van der Waals surface area contributed by atoms with Crippen molar-refractivity contribution in [2.24, 2.45) is 22.7 Å². The highest BCUT2D eigenvalue weighted by Gasteiger charge is 2.58. The average Bonchev–Trinajstić information content (AvgIpc) is 2.77. The molecule has 0 bridgehead atoms. The second-order valence-corrected chi connectivity index (χ2v) is 6.78. The number of rotatable bonds is 8. The standard InChI is InChI=1S/C15H22N2O4S/c1-3-16-7-17-4-5-22-10-6-9-11(8(2)18)14(19)12(9)13(10)15(20)21/h7-9,11-12,18H,3-6H2,1-2H3,(H,16,17)(H,20,21). The van der Waals surface area contributed by atoms with Crippen molar-refractivity contribution in [2.45, 2.75) is 26.4 Å². The van der Waals surface area contributed by atoms with Gasteiger partial charge in [0.15, 0.2) is 0 Å². The monoisotopic (exact) mass is 326 g/mol. The number of aliphatic imine (C=N–C) groups is 1. The zero-order valence-electron chi connectivity index (χ0n) is 12.8. The molecule has 0 aromatic carbocycles. The van der Waals surface area contributed by atoms with Gasteiger partial charge in [-0.05, 0) is 31.1 Å². The van der Waals surface area contributed by atoms with E-state index in [1.54, 1.807) is 13.3 Å². The van der Waals surface area contributed by atoms with Crippen molar-refractivity contribution in [3.8, 4) is 0 Å². The van der Waals surface area contributed by atoms with Crippen LogP contribution in [0.2, 0.25) is 0 Å². The van der Waals surface area contributed by atoms with E-state index in [0.717, 1.165) is 17.2 Å². The topological polar surface area (TPSA) is 99.0 Å². The van der Waals surface area contributed by atoms with Gasteiger partial charge in [0.1, 0.15) is 5.78 Å². The number of aliphatic hydroxyl groups excluding tert-OH is 1. The van der Waals surface area contributed by atoms with Crippen LogP contribution in [0, 0.1) is 17.8 Å². The number of carbonyl (C=O) groups excluding carboxylic acids is 1. The molecule has 4 unspecified atom stereocenters. The maximum atomic E-state index is 12.1. The molecule has 0 heterocycles. The summed E-state index contributed by atoms with van der Waals surface area (Å²) in [6.07, 6.45) is 1.53. The van der Waals surface area contributed by atoms with E-state index >= 15 is 0 Å². The van der Waals surface area contributed by atoms with Gasteiger partial charge in [-0.3, -0.25) is 9.79 Å². The molecular formula is C15H22N2O4S. The maximum Gasteiger partial charge on any atom is 0.333 e. The Kier molecular flexibility index (Phi) is 5.63. The predicted molar refractivity (Wildman–Crippen MR) is 85.9 cm³/mol. The van der Waals surface area contributed by atoms with Crippen molar-refractivity contribution < 1.29 is 19.8 Å². The summed E-state index contributed by atoms with van der Waals surface area (Å²) in [6, 6.07) is 0. The van der Waals surface area contributed by atoms with Crippen LogP contribution in [0.5, 0.6) is 0 Å². The number of carboxylic acid groups (broad SMARTS) is 1. The highest BCUT2D eigenvalue weighted by Crippen LogP contribution is 2.54. The summed E-state index contributed by atoms with van der Waals surface area (Å²) >= 11 is 1.48. The zero-order valence-corrected chi connectivity index (χ0v) is 13.6. The van der Waals surface area contributed by atoms with Gasteiger partial charge in [-0.1, -0.05) is 0 Å². The number of nitrogens with zero attached hydrogens (tertiary/aromatic N) is 1. The smallest absolute Gasteiger partial charge is 0.333 e. The number of aliphatic carboxylic acids is 1. The van der Waals surface area contributed by atoms with Crippen molar-refractivity contribution in [2.75, 3.05) is 18.8 Å². The van der Waals surface area contributed by atoms with Crippen molar-refractivity contribution in [3.63, 3.8) is 0 Å². The molecule has 0 aromatic heterocycles. The van der Waals surface area contributed by atoms with Crippen molar-refractivity contribution >= 4 is 29.9 Å². The number of hydrogen-bond acceptors (Lipinski definition) is 5. The van der Waals surface area contributed by atoms with Crippen LogP contribution in [0.1, 0.15) is 20.3 Å². The molecule has 1 fully saturated rings. The van der Waals surface area contributed by atoms with Crippen LogP contribution in [0.15, 0.2) is 15.5 Å². The lowest BCUT2D eigenvalue weighted by atomic mass is 9.61. The number of thioether (sulfide) groups is 1. The Hall–Kier alpha value is -1.34. The fraction of sp³-hybridized carbons (Fsp3) is 0.667. The van der Waals surface area contributed by atoms with Crippen LogP contribution in [0.3, 0.4) is 0 Å². The molecule has 122 valence electrons. The molecule has 22 heavy (non-hydrogen) atoms. The molecule has 4 atom stereocenters. The van der Waals surface area contributed by atoms with Crippen LogP contribution in [-0.4, -0.2) is 53.3 Å². The lowest BCUT2D eigenvalue weighted by Gasteiger charge is -2.41. The Bertz CT molecular complexity index is 516. The van der Waals surface area contributed by atoms with Crippen molar-refractivity contribution in [1.82, 2.24) is 5.32 Å². The molecule has 2 rings (SSSR count). The second-order valence-electron chi connectivity index (χ2n) is 5.59. The number of carboxylic acids is 1. The summed E-state index contributed by atoms with van der Waals surface area (Å²) < 4.78 is 0. The molecule has 3 N–H and O–H groups in total. The van der Waals surface area contributed by atoms with E-state index in [1.165, 1.54) is 11.8 Å². The molecule has 0 spiro atoms. The van der Waals surface area contributed by atoms with Gasteiger partial charge in [-0.15, -0.1) is 11.8 Å². The molecular weight excluding hydrogens is 304 g/mol. The van der Waals surface area contributed by atoms with E-state index in [9.17, 15) is 19.8 Å². The SMILES string of the molecule is CC/N=C/NCCSC1=C(C(=O)O)C2C(=O)C(C(C)O)C2C1. The first-order valence-corrected chi connectivity index (χ1v) is 8.50. The Morgan fingerprint density at radius 2 is 2.32 bits per heavy atom. The van der Waals surface area contributed by atoms with Crippen molar-refractivity contribution in [1.29, 1.82) is 0 Å². The zero-order chi connectivity index (χ0) is 16.3. The number of fused-ring (bicyclic) bond motifs is 1. The van der Waals surface area contributed by atoms with Gasteiger partial charge in [0.2, 0.25) is 0 Å². The maximum absolute atomic E-state index is 12.1. The highest BCUT2D eigenvalue weighted by atomic mass is 32.2. The quantitative estimate of drug-likeness (QED) is 0.348. The molecule has 0 amide bonds. The van der Waals surface area contributed by atoms with Gasteiger partial charge in [-0.25, -0.2) is 4.79 Å². The van der Waals surface area contributed by atoms with Gasteiger partial charge in [0.25, 0.3) is 0 Å². The second kappa shape index (κ2) is 7.28. The van der Waals surface area contributed by atoms with Crippen LogP contribution in [0.4, 0.5) is 0 Å². The highest BCUT2D eigenvalue weighted by molar-refractivity contribution is 8.03. The minimum absolute atomic E-state index is 0.0456. The summed E-state index contributed by atoms with van der Waals surface area (Å²) in [5, 5.41) is 22.1. The van der Waals surface area contributed by atoms with Gasteiger partial charge in [0, 0.05) is 24.8 Å². The Balaban J connectivity index is 1.97. The molecule has 0 aromatic rings. The summed E-state index contributed by atoms with van der Waals surface area (Å²) in [7, 11) is 0. The molecule has 2 aliphatic carbocycles. The number of Topliss-reactive ketones (excluding diaryl/α,β-unsaturated/α-hetero) is 1. The molecule has 1 saturated carbocycles. The van der Waals surface area contributed by atoms with Crippen LogP contribution in [0.25, 0.3) is 0 Å². The van der Waals surface area contributed by atoms with Gasteiger partial charge >= 0.3 is 5.97 Å². The minimum Gasteiger partial charge on any atom is -0.478 e.